The highest BCUT2D eigenvalue weighted by molar-refractivity contribution is 7.90. The molecule has 9 nitrogen and oxygen atoms in total. The van der Waals surface area contributed by atoms with E-state index >= 15 is 0 Å². The lowest BCUT2D eigenvalue weighted by Gasteiger charge is -2.56. The number of anilines is 1. The van der Waals surface area contributed by atoms with Crippen LogP contribution in [0.15, 0.2) is 48.6 Å². The summed E-state index contributed by atoms with van der Waals surface area (Å²) in [5.41, 5.74) is 1.68. The topological polar surface area (TPSA) is 119 Å². The first kappa shape index (κ1) is 37.6. The molecule has 2 aromatic carbocycles. The Morgan fingerprint density at radius 3 is 2.61 bits per heavy atom. The lowest BCUT2D eigenvalue weighted by Crippen LogP contribution is -2.60. The molecule has 2 bridgehead atoms. The maximum Gasteiger partial charge on any atom is 0.264 e. The number of hydrogen-bond donors (Lipinski definition) is 3. The maximum atomic E-state index is 13.5. The van der Waals surface area contributed by atoms with Crippen LogP contribution in [0.25, 0.3) is 0 Å². The minimum absolute atomic E-state index is 0.0129. The van der Waals surface area contributed by atoms with E-state index in [0.29, 0.717) is 50.0 Å². The smallest absolute Gasteiger partial charge is 0.264 e. The maximum absolute atomic E-state index is 13.5. The summed E-state index contributed by atoms with van der Waals surface area (Å²) in [5.74, 6) is -0.479. The second kappa shape index (κ2) is 15.3. The number of rotatable bonds is 5. The molecule has 49 heavy (non-hydrogen) atoms. The molecule has 2 aromatic rings. The van der Waals surface area contributed by atoms with E-state index in [4.69, 9.17) is 16.3 Å². The average Bonchev–Trinajstić information content (AvgIpc) is 3.06. The van der Waals surface area contributed by atoms with Crippen molar-refractivity contribution in [1.82, 2.24) is 9.62 Å². The zero-order valence-electron chi connectivity index (χ0n) is 29.6. The van der Waals surface area contributed by atoms with E-state index in [1.807, 2.05) is 37.3 Å². The molecule has 0 spiro atoms. The molecule has 1 fully saturated rings. The van der Waals surface area contributed by atoms with E-state index in [2.05, 4.69) is 35.3 Å². The van der Waals surface area contributed by atoms with Crippen LogP contribution in [0, 0.1) is 17.3 Å². The van der Waals surface area contributed by atoms with E-state index in [1.54, 1.807) is 25.1 Å². The number of aryl methyl sites for hydroxylation is 1. The molecule has 5 atom stereocenters. The van der Waals surface area contributed by atoms with Gasteiger partial charge in [-0.25, -0.2) is 13.1 Å². The number of fused-ring (bicyclic) bond motifs is 3. The van der Waals surface area contributed by atoms with Crippen molar-refractivity contribution in [3.05, 3.63) is 70.3 Å². The fourth-order valence-electron chi connectivity index (χ4n) is 7.83. The van der Waals surface area contributed by atoms with Gasteiger partial charge in [-0.2, -0.15) is 0 Å². The summed E-state index contributed by atoms with van der Waals surface area (Å²) in [6.07, 6.45) is 8.60. The molecule has 2 aliphatic heterocycles. The summed E-state index contributed by atoms with van der Waals surface area (Å²) >= 11 is 6.37. The van der Waals surface area contributed by atoms with Gasteiger partial charge in [0, 0.05) is 42.8 Å². The third kappa shape index (κ3) is 8.47. The second-order valence-electron chi connectivity index (χ2n) is 15.1. The summed E-state index contributed by atoms with van der Waals surface area (Å²) in [4.78, 5) is 17.9. The Bertz CT molecular complexity index is 1630. The van der Waals surface area contributed by atoms with Crippen LogP contribution in [0.4, 0.5) is 5.69 Å². The molecule has 270 valence electrons. The predicted molar refractivity (Wildman–Crippen MR) is 196 cm³/mol. The minimum atomic E-state index is -4.01. The average molecular weight is 716 g/mol. The molecule has 11 heteroatoms. The number of aliphatic hydroxyl groups is 2. The van der Waals surface area contributed by atoms with Crippen LogP contribution in [0.1, 0.15) is 88.2 Å². The van der Waals surface area contributed by atoms with Crippen LogP contribution in [0.2, 0.25) is 5.02 Å². The number of ether oxygens (including phenoxy) is 1. The van der Waals surface area contributed by atoms with Gasteiger partial charge in [0.1, 0.15) is 12.4 Å². The van der Waals surface area contributed by atoms with Crippen LogP contribution in [0.3, 0.4) is 0 Å². The fraction of sp³-hybridized carbons (Fsp3) is 0.605. The second-order valence-corrected chi connectivity index (χ2v) is 17.6. The number of benzene rings is 2. The molecule has 5 rings (SSSR count). The zero-order valence-corrected chi connectivity index (χ0v) is 31.2. The molecule has 1 amide bonds. The van der Waals surface area contributed by atoms with Crippen LogP contribution >= 0.6 is 11.6 Å². The Hall–Kier alpha value is -2.63. The first-order valence-corrected chi connectivity index (χ1v) is 19.7. The van der Waals surface area contributed by atoms with Crippen molar-refractivity contribution in [1.29, 1.82) is 0 Å². The van der Waals surface area contributed by atoms with Gasteiger partial charge in [-0.3, -0.25) is 9.69 Å². The van der Waals surface area contributed by atoms with Gasteiger partial charge in [-0.1, -0.05) is 43.7 Å². The summed E-state index contributed by atoms with van der Waals surface area (Å²) in [6, 6.07) is 11.1. The first-order valence-electron chi connectivity index (χ1n) is 17.8. The van der Waals surface area contributed by atoms with E-state index in [9.17, 15) is 23.4 Å². The number of aliphatic hydroxyl groups excluding tert-OH is 1. The van der Waals surface area contributed by atoms with E-state index < -0.39 is 26.8 Å². The largest absolute Gasteiger partial charge is 0.487 e. The van der Waals surface area contributed by atoms with Gasteiger partial charge >= 0.3 is 0 Å². The minimum Gasteiger partial charge on any atom is -0.487 e. The lowest BCUT2D eigenvalue weighted by atomic mass is 9.54. The Morgan fingerprint density at radius 1 is 1.14 bits per heavy atom. The lowest BCUT2D eigenvalue weighted by molar-refractivity contribution is -0.110. The Kier molecular flexibility index (Phi) is 11.8. The van der Waals surface area contributed by atoms with Crippen molar-refractivity contribution in [2.75, 3.05) is 37.7 Å². The Labute approximate surface area is 297 Å². The van der Waals surface area contributed by atoms with Gasteiger partial charge < -0.3 is 19.8 Å². The Balaban J connectivity index is 1.61. The normalized spacial score (nSPS) is 29.9. The number of allylic oxidation sites excluding steroid dienone is 1. The number of nitrogens with zero attached hydrogens (tertiary/aromatic N) is 2. The highest BCUT2D eigenvalue weighted by atomic mass is 35.5. The summed E-state index contributed by atoms with van der Waals surface area (Å²) in [7, 11) is -4.01. The van der Waals surface area contributed by atoms with Gasteiger partial charge in [0.05, 0.1) is 23.1 Å². The number of carbonyl (C=O) groups excluding carboxylic acids is 1. The number of nitrogens with one attached hydrogen (secondary N) is 1. The number of amides is 1. The standard InChI is InChI=1S/C38H54ClN3O6S/c1-26(2)41(19-20-43)25-38(45)16-8-9-27(3)28(4)49(46,47)40-36(44)30-12-14-34-33(22-30)42(24-37(5)17-15-35(37)38)18-7-6-10-29-21-32(39)13-11-31(29)23-48-34/h8,11-14,16,21-22,26-28,35,43,45H,6-7,9-10,15,17-20,23-25H2,1-5H3,(H,40,44)/b16-8+/t27-,28+,35+,37?,38+/m0/s1. The van der Waals surface area contributed by atoms with Crippen molar-refractivity contribution in [2.45, 2.75) is 96.6 Å². The molecular weight excluding hydrogens is 662 g/mol. The summed E-state index contributed by atoms with van der Waals surface area (Å²) in [6.45, 7) is 12.2. The molecule has 1 aliphatic carbocycles. The van der Waals surface area contributed by atoms with Crippen molar-refractivity contribution in [2.24, 2.45) is 17.3 Å². The van der Waals surface area contributed by atoms with Gasteiger partial charge in [-0.05, 0) is 118 Å². The summed E-state index contributed by atoms with van der Waals surface area (Å²) in [5, 5.41) is 22.3. The highest BCUT2D eigenvalue weighted by Crippen LogP contribution is 2.54. The SMILES string of the molecule is CC(C)N(CCO)C[C@]1(O)/C=C/C[C@H](C)[C@@H](C)S(=O)(=O)NC(=O)c2ccc3c(c2)N(CCCCc2cc(Cl)ccc2CO3)CC2(C)CC[C@H]21. The van der Waals surface area contributed by atoms with Crippen LogP contribution < -0.4 is 14.4 Å². The molecule has 3 N–H and O–H groups in total. The van der Waals surface area contributed by atoms with E-state index in [-0.39, 0.29) is 35.5 Å². The van der Waals surface area contributed by atoms with Crippen LogP contribution in [0.5, 0.6) is 5.75 Å². The molecule has 1 saturated carbocycles. The van der Waals surface area contributed by atoms with Crippen molar-refractivity contribution >= 4 is 33.2 Å². The number of carbonyl (C=O) groups is 1. The van der Waals surface area contributed by atoms with E-state index in [0.717, 1.165) is 48.9 Å². The quantitative estimate of drug-likeness (QED) is 0.325. The van der Waals surface area contributed by atoms with Crippen LogP contribution in [-0.4, -0.2) is 79.1 Å². The van der Waals surface area contributed by atoms with Gasteiger partial charge in [0.25, 0.3) is 5.91 Å². The van der Waals surface area contributed by atoms with Gasteiger partial charge in [0.2, 0.25) is 10.0 Å². The van der Waals surface area contributed by atoms with Gasteiger partial charge in [-0.15, -0.1) is 0 Å². The van der Waals surface area contributed by atoms with Crippen LogP contribution in [-0.2, 0) is 23.1 Å². The monoisotopic (exact) mass is 715 g/mol. The molecule has 1 unspecified atom stereocenters. The van der Waals surface area contributed by atoms with Crippen molar-refractivity contribution in [3.63, 3.8) is 0 Å². The number of hydrogen-bond acceptors (Lipinski definition) is 8. The first-order chi connectivity index (χ1) is 23.2. The van der Waals surface area contributed by atoms with E-state index in [1.165, 1.54) is 0 Å². The number of sulfonamides is 1. The van der Waals surface area contributed by atoms with Gasteiger partial charge in [0.15, 0.2) is 0 Å². The summed E-state index contributed by atoms with van der Waals surface area (Å²) < 4.78 is 35.7. The fourth-order valence-corrected chi connectivity index (χ4v) is 9.31. The molecular formula is C38H54ClN3O6S. The molecule has 3 aliphatic rings. The highest BCUT2D eigenvalue weighted by Gasteiger charge is 2.54. The number of halogens is 1. The molecule has 0 saturated heterocycles. The predicted octanol–water partition coefficient (Wildman–Crippen LogP) is 5.96. The third-order valence-corrected chi connectivity index (χ3v) is 13.4. The van der Waals surface area contributed by atoms with Crippen molar-refractivity contribution in [3.8, 4) is 5.75 Å². The van der Waals surface area contributed by atoms with Crippen molar-refractivity contribution < 1.29 is 28.2 Å². The molecule has 0 radical (unpaired) electrons. The third-order valence-electron chi connectivity index (χ3n) is 11.3. The molecule has 0 aromatic heterocycles. The molecule has 2 heterocycles. The zero-order chi connectivity index (χ0) is 35.6. The Morgan fingerprint density at radius 2 is 1.92 bits per heavy atom.